The van der Waals surface area contributed by atoms with Gasteiger partial charge in [0.2, 0.25) is 5.91 Å². The zero-order valence-corrected chi connectivity index (χ0v) is 12.4. The first-order valence-electron chi connectivity index (χ1n) is 6.56. The fourth-order valence-corrected chi connectivity index (χ4v) is 2.21. The molecule has 2 aromatic carbocycles. The SMILES string of the molecule is Cc1ccc(NC(=O)[C@H](N)Cc2ccc(O)cc2)c(Cl)c1. The van der Waals surface area contributed by atoms with Crippen LogP contribution in [0.1, 0.15) is 11.1 Å². The van der Waals surface area contributed by atoms with Gasteiger partial charge in [0.15, 0.2) is 0 Å². The normalized spacial score (nSPS) is 12.0. The lowest BCUT2D eigenvalue weighted by Gasteiger charge is -2.13. The van der Waals surface area contributed by atoms with Gasteiger partial charge in [0.05, 0.1) is 16.8 Å². The Kier molecular flexibility index (Phi) is 4.83. The number of anilines is 1. The number of phenolic OH excluding ortho intramolecular Hbond substituents is 1. The third-order valence-corrected chi connectivity index (χ3v) is 3.42. The summed E-state index contributed by atoms with van der Waals surface area (Å²) in [6, 6.07) is 11.3. The van der Waals surface area contributed by atoms with Gasteiger partial charge in [-0.2, -0.15) is 0 Å². The van der Waals surface area contributed by atoms with Gasteiger partial charge in [0, 0.05) is 0 Å². The second kappa shape index (κ2) is 6.61. The molecule has 0 radical (unpaired) electrons. The second-order valence-corrected chi connectivity index (χ2v) is 5.36. The molecule has 0 saturated heterocycles. The van der Waals surface area contributed by atoms with Gasteiger partial charge in [-0.1, -0.05) is 29.8 Å². The molecule has 1 atom stereocenters. The Balaban J connectivity index is 2.00. The number of nitrogens with two attached hydrogens (primary N) is 1. The maximum Gasteiger partial charge on any atom is 0.241 e. The van der Waals surface area contributed by atoms with E-state index in [1.165, 1.54) is 0 Å². The van der Waals surface area contributed by atoms with Crippen LogP contribution in [0, 0.1) is 6.92 Å². The van der Waals surface area contributed by atoms with Crippen molar-refractivity contribution in [3.8, 4) is 5.75 Å². The fraction of sp³-hybridized carbons (Fsp3) is 0.188. The number of amides is 1. The number of nitrogens with one attached hydrogen (secondary N) is 1. The first kappa shape index (κ1) is 15.4. The molecule has 2 aromatic rings. The first-order valence-corrected chi connectivity index (χ1v) is 6.94. The van der Waals surface area contributed by atoms with Crippen LogP contribution in [-0.4, -0.2) is 17.1 Å². The lowest BCUT2D eigenvalue weighted by molar-refractivity contribution is -0.117. The molecule has 0 aliphatic carbocycles. The van der Waals surface area contributed by atoms with Crippen molar-refractivity contribution in [2.75, 3.05) is 5.32 Å². The van der Waals surface area contributed by atoms with Gasteiger partial charge < -0.3 is 16.2 Å². The van der Waals surface area contributed by atoms with Crippen molar-refractivity contribution >= 4 is 23.2 Å². The molecule has 21 heavy (non-hydrogen) atoms. The second-order valence-electron chi connectivity index (χ2n) is 4.95. The standard InChI is InChI=1S/C16H17ClN2O2/c1-10-2-7-15(13(17)8-10)19-16(21)14(18)9-11-3-5-12(20)6-4-11/h2-8,14,20H,9,18H2,1H3,(H,19,21)/t14-/m1/s1. The van der Waals surface area contributed by atoms with E-state index >= 15 is 0 Å². The highest BCUT2D eigenvalue weighted by atomic mass is 35.5. The summed E-state index contributed by atoms with van der Waals surface area (Å²) in [6.07, 6.45) is 0.385. The molecule has 110 valence electrons. The van der Waals surface area contributed by atoms with Crippen LogP contribution in [0.5, 0.6) is 5.75 Å². The number of hydrogen-bond donors (Lipinski definition) is 3. The molecule has 2 rings (SSSR count). The fourth-order valence-electron chi connectivity index (χ4n) is 1.93. The summed E-state index contributed by atoms with van der Waals surface area (Å²) in [6.45, 7) is 1.92. The maximum atomic E-state index is 12.1. The number of hydrogen-bond acceptors (Lipinski definition) is 3. The molecule has 0 bridgehead atoms. The molecular weight excluding hydrogens is 288 g/mol. The van der Waals surface area contributed by atoms with Crippen LogP contribution < -0.4 is 11.1 Å². The number of aromatic hydroxyl groups is 1. The molecule has 0 spiro atoms. The number of carbonyl (C=O) groups is 1. The third-order valence-electron chi connectivity index (χ3n) is 3.11. The van der Waals surface area contributed by atoms with E-state index in [0.29, 0.717) is 17.1 Å². The Hall–Kier alpha value is -2.04. The molecule has 0 aliphatic rings. The van der Waals surface area contributed by atoms with Crippen LogP contribution in [0.25, 0.3) is 0 Å². The Labute approximate surface area is 128 Å². The number of halogens is 1. The van der Waals surface area contributed by atoms with Gasteiger partial charge in [-0.05, 0) is 48.7 Å². The first-order chi connectivity index (χ1) is 9.95. The quantitative estimate of drug-likeness (QED) is 0.813. The molecule has 5 heteroatoms. The van der Waals surface area contributed by atoms with E-state index in [2.05, 4.69) is 5.32 Å². The number of aryl methyl sites for hydroxylation is 1. The van der Waals surface area contributed by atoms with Crippen molar-refractivity contribution in [3.63, 3.8) is 0 Å². The smallest absolute Gasteiger partial charge is 0.241 e. The van der Waals surface area contributed by atoms with Crippen molar-refractivity contribution in [2.45, 2.75) is 19.4 Å². The molecule has 4 N–H and O–H groups in total. The van der Waals surface area contributed by atoms with E-state index in [1.807, 2.05) is 13.0 Å². The van der Waals surface area contributed by atoms with Gasteiger partial charge in [0.25, 0.3) is 0 Å². The number of carbonyl (C=O) groups excluding carboxylic acids is 1. The molecule has 0 saturated carbocycles. The van der Waals surface area contributed by atoms with E-state index in [-0.39, 0.29) is 11.7 Å². The summed E-state index contributed by atoms with van der Waals surface area (Å²) in [7, 11) is 0. The van der Waals surface area contributed by atoms with Crippen molar-refractivity contribution in [3.05, 3.63) is 58.6 Å². The minimum Gasteiger partial charge on any atom is -0.508 e. The van der Waals surface area contributed by atoms with E-state index in [0.717, 1.165) is 11.1 Å². The van der Waals surface area contributed by atoms with Crippen LogP contribution in [-0.2, 0) is 11.2 Å². The van der Waals surface area contributed by atoms with Crippen LogP contribution in [0.4, 0.5) is 5.69 Å². The van der Waals surface area contributed by atoms with Crippen LogP contribution >= 0.6 is 11.6 Å². The summed E-state index contributed by atoms with van der Waals surface area (Å²) in [5, 5.41) is 12.4. The van der Waals surface area contributed by atoms with Crippen molar-refractivity contribution in [1.82, 2.24) is 0 Å². The molecule has 1 amide bonds. The Morgan fingerprint density at radius 3 is 2.57 bits per heavy atom. The average molecular weight is 305 g/mol. The van der Waals surface area contributed by atoms with E-state index in [1.54, 1.807) is 36.4 Å². The predicted octanol–water partition coefficient (Wildman–Crippen LogP) is 2.86. The van der Waals surface area contributed by atoms with Gasteiger partial charge >= 0.3 is 0 Å². The number of phenols is 1. The topological polar surface area (TPSA) is 75.4 Å². The summed E-state index contributed by atoms with van der Waals surface area (Å²) in [5.74, 6) is -0.114. The molecule has 0 aromatic heterocycles. The molecule has 4 nitrogen and oxygen atoms in total. The van der Waals surface area contributed by atoms with E-state index in [4.69, 9.17) is 17.3 Å². The predicted molar refractivity (Wildman–Crippen MR) is 84.6 cm³/mol. The van der Waals surface area contributed by atoms with Gasteiger partial charge in [-0.15, -0.1) is 0 Å². The third kappa shape index (κ3) is 4.21. The summed E-state index contributed by atoms with van der Waals surface area (Å²) in [4.78, 5) is 12.1. The number of benzene rings is 2. The Bertz CT molecular complexity index is 641. The maximum absolute atomic E-state index is 12.1. The van der Waals surface area contributed by atoms with Crippen LogP contribution in [0.15, 0.2) is 42.5 Å². The van der Waals surface area contributed by atoms with Crippen molar-refractivity contribution in [2.24, 2.45) is 5.73 Å². The van der Waals surface area contributed by atoms with E-state index < -0.39 is 6.04 Å². The van der Waals surface area contributed by atoms with Crippen LogP contribution in [0.2, 0.25) is 5.02 Å². The summed E-state index contributed by atoms with van der Waals surface area (Å²) < 4.78 is 0. The average Bonchev–Trinajstić information content (AvgIpc) is 2.44. The monoisotopic (exact) mass is 304 g/mol. The highest BCUT2D eigenvalue weighted by Crippen LogP contribution is 2.23. The summed E-state index contributed by atoms with van der Waals surface area (Å²) in [5.41, 5.74) is 8.35. The van der Waals surface area contributed by atoms with Crippen molar-refractivity contribution < 1.29 is 9.90 Å². The van der Waals surface area contributed by atoms with Gasteiger partial charge in [-0.25, -0.2) is 0 Å². The minimum absolute atomic E-state index is 0.184. The van der Waals surface area contributed by atoms with Crippen LogP contribution in [0.3, 0.4) is 0 Å². The lowest BCUT2D eigenvalue weighted by atomic mass is 10.1. The zero-order chi connectivity index (χ0) is 15.4. The largest absolute Gasteiger partial charge is 0.508 e. The number of rotatable bonds is 4. The Morgan fingerprint density at radius 2 is 1.95 bits per heavy atom. The van der Waals surface area contributed by atoms with Gasteiger partial charge in [-0.3, -0.25) is 4.79 Å². The Morgan fingerprint density at radius 1 is 1.29 bits per heavy atom. The highest BCUT2D eigenvalue weighted by Gasteiger charge is 2.15. The molecule has 0 fully saturated rings. The molecule has 0 unspecified atom stereocenters. The minimum atomic E-state index is -0.688. The lowest BCUT2D eigenvalue weighted by Crippen LogP contribution is -2.37. The molecule has 0 heterocycles. The van der Waals surface area contributed by atoms with Gasteiger partial charge in [0.1, 0.15) is 5.75 Å². The zero-order valence-electron chi connectivity index (χ0n) is 11.6. The molecular formula is C16H17ClN2O2. The van der Waals surface area contributed by atoms with Crippen molar-refractivity contribution in [1.29, 1.82) is 0 Å². The highest BCUT2D eigenvalue weighted by molar-refractivity contribution is 6.33. The van der Waals surface area contributed by atoms with E-state index in [9.17, 15) is 9.90 Å². The molecule has 0 aliphatic heterocycles. The summed E-state index contributed by atoms with van der Waals surface area (Å²) >= 11 is 6.07.